The predicted molar refractivity (Wildman–Crippen MR) is 103 cm³/mol. The van der Waals surface area contributed by atoms with Crippen molar-refractivity contribution in [3.8, 4) is 0 Å². The number of halogens is 2. The van der Waals surface area contributed by atoms with Crippen molar-refractivity contribution < 1.29 is 17.5 Å². The first kappa shape index (κ1) is 20.2. The van der Waals surface area contributed by atoms with Crippen LogP contribution in [0.1, 0.15) is 17.2 Å². The van der Waals surface area contributed by atoms with Crippen molar-refractivity contribution in [1.29, 1.82) is 0 Å². The van der Waals surface area contributed by atoms with E-state index in [0.717, 1.165) is 5.56 Å². The third-order valence-electron chi connectivity index (χ3n) is 4.65. The molecule has 1 aliphatic rings. The number of ether oxygens (including phenoxy) is 1. The van der Waals surface area contributed by atoms with Gasteiger partial charge < -0.3 is 4.74 Å². The molecule has 0 amide bonds. The van der Waals surface area contributed by atoms with E-state index < -0.39 is 10.0 Å². The van der Waals surface area contributed by atoms with Gasteiger partial charge in [0.2, 0.25) is 10.0 Å². The Morgan fingerprint density at radius 2 is 1.85 bits per heavy atom. The topological polar surface area (TPSA) is 58.6 Å². The van der Waals surface area contributed by atoms with Crippen LogP contribution in [0.3, 0.4) is 0 Å². The highest BCUT2D eigenvalue weighted by molar-refractivity contribution is 7.89. The van der Waals surface area contributed by atoms with E-state index in [2.05, 4.69) is 9.62 Å². The van der Waals surface area contributed by atoms with Gasteiger partial charge >= 0.3 is 0 Å². The third kappa shape index (κ3) is 5.06. The summed E-state index contributed by atoms with van der Waals surface area (Å²) in [5.74, 6) is -0.324. The molecule has 1 atom stereocenters. The Bertz CT molecular complexity index is 884. The molecule has 3 rings (SSSR count). The number of rotatable bonds is 6. The summed E-state index contributed by atoms with van der Waals surface area (Å²) in [6.45, 7) is 4.42. The number of nitrogens with one attached hydrogen (secondary N) is 1. The van der Waals surface area contributed by atoms with Gasteiger partial charge in [-0.2, -0.15) is 0 Å². The van der Waals surface area contributed by atoms with Crippen molar-refractivity contribution in [1.82, 2.24) is 9.62 Å². The minimum Gasteiger partial charge on any atom is -0.379 e. The smallest absolute Gasteiger partial charge is 0.240 e. The third-order valence-corrected chi connectivity index (χ3v) is 6.45. The zero-order chi connectivity index (χ0) is 19.4. The molecule has 5 nitrogen and oxygen atoms in total. The van der Waals surface area contributed by atoms with Crippen molar-refractivity contribution in [3.63, 3.8) is 0 Å². The molecule has 1 fully saturated rings. The van der Waals surface area contributed by atoms with Gasteiger partial charge in [-0.3, -0.25) is 4.90 Å². The first-order valence-corrected chi connectivity index (χ1v) is 10.6. The standard InChI is InChI=1S/C19H22ClFN2O3S/c1-14-2-5-16(20)12-19(14)27(24,25)22-13-18(23-8-10-26-11-9-23)15-3-6-17(21)7-4-15/h2-7,12,18,22H,8-11,13H2,1H3. The van der Waals surface area contributed by atoms with Crippen molar-refractivity contribution >= 4 is 21.6 Å². The largest absolute Gasteiger partial charge is 0.379 e. The predicted octanol–water partition coefficient (Wildman–Crippen LogP) is 3.14. The summed E-state index contributed by atoms with van der Waals surface area (Å²) in [5, 5.41) is 0.365. The molecule has 0 aliphatic carbocycles. The fourth-order valence-corrected chi connectivity index (χ4v) is 4.71. The first-order valence-electron chi connectivity index (χ1n) is 8.70. The Hall–Kier alpha value is -1.51. The summed E-state index contributed by atoms with van der Waals surface area (Å²) in [6.07, 6.45) is 0. The molecule has 1 N–H and O–H groups in total. The molecule has 1 aliphatic heterocycles. The summed E-state index contributed by atoms with van der Waals surface area (Å²) < 4.78 is 47.0. The molecule has 27 heavy (non-hydrogen) atoms. The molecule has 2 aromatic rings. The zero-order valence-electron chi connectivity index (χ0n) is 15.0. The lowest BCUT2D eigenvalue weighted by Crippen LogP contribution is -2.43. The van der Waals surface area contributed by atoms with Gasteiger partial charge in [0, 0.05) is 30.7 Å². The van der Waals surface area contributed by atoms with E-state index in [1.54, 1.807) is 31.2 Å². The van der Waals surface area contributed by atoms with E-state index in [1.165, 1.54) is 18.2 Å². The van der Waals surface area contributed by atoms with E-state index in [0.29, 0.717) is 36.9 Å². The molecule has 1 heterocycles. The molecule has 0 saturated carbocycles. The van der Waals surface area contributed by atoms with Gasteiger partial charge in [-0.15, -0.1) is 0 Å². The van der Waals surface area contributed by atoms with Crippen molar-refractivity contribution in [2.75, 3.05) is 32.8 Å². The summed E-state index contributed by atoms with van der Waals surface area (Å²) in [4.78, 5) is 2.30. The van der Waals surface area contributed by atoms with Crippen LogP contribution in [0.5, 0.6) is 0 Å². The Morgan fingerprint density at radius 3 is 2.52 bits per heavy atom. The summed E-state index contributed by atoms with van der Waals surface area (Å²) >= 11 is 5.97. The van der Waals surface area contributed by atoms with Crippen LogP contribution in [0.25, 0.3) is 0 Å². The van der Waals surface area contributed by atoms with Crippen LogP contribution in [0.2, 0.25) is 5.02 Å². The number of sulfonamides is 1. The Balaban J connectivity index is 1.83. The van der Waals surface area contributed by atoms with Gasteiger partial charge in [0.1, 0.15) is 5.82 Å². The maximum atomic E-state index is 13.3. The highest BCUT2D eigenvalue weighted by Gasteiger charge is 2.26. The van der Waals surface area contributed by atoms with Crippen molar-refractivity contribution in [3.05, 3.63) is 64.4 Å². The second-order valence-electron chi connectivity index (χ2n) is 6.48. The molecule has 146 valence electrons. The lowest BCUT2D eigenvalue weighted by molar-refractivity contribution is 0.0172. The van der Waals surface area contributed by atoms with Crippen LogP contribution >= 0.6 is 11.6 Å². The zero-order valence-corrected chi connectivity index (χ0v) is 16.6. The number of nitrogens with zero attached hydrogens (tertiary/aromatic N) is 1. The van der Waals surface area contributed by atoms with Gasteiger partial charge in [-0.05, 0) is 42.3 Å². The van der Waals surface area contributed by atoms with Gasteiger partial charge in [-0.1, -0.05) is 29.8 Å². The molecule has 2 aromatic carbocycles. The second-order valence-corrected chi connectivity index (χ2v) is 8.65. The first-order chi connectivity index (χ1) is 12.9. The second kappa shape index (κ2) is 8.67. The molecule has 1 unspecified atom stereocenters. The lowest BCUT2D eigenvalue weighted by Gasteiger charge is -2.35. The van der Waals surface area contributed by atoms with Gasteiger partial charge in [0.15, 0.2) is 0 Å². The molecule has 0 aromatic heterocycles. The molecular weight excluding hydrogens is 391 g/mol. The maximum absolute atomic E-state index is 13.3. The minimum absolute atomic E-state index is 0.162. The molecule has 0 spiro atoms. The molecule has 0 radical (unpaired) electrons. The van der Waals surface area contributed by atoms with Crippen molar-refractivity contribution in [2.45, 2.75) is 17.9 Å². The Labute approximate surface area is 164 Å². The lowest BCUT2D eigenvalue weighted by atomic mass is 10.0. The number of hydrogen-bond donors (Lipinski definition) is 1. The van der Waals surface area contributed by atoms with E-state index in [1.807, 2.05) is 0 Å². The number of aryl methyl sites for hydroxylation is 1. The van der Waals surface area contributed by atoms with Gasteiger partial charge in [-0.25, -0.2) is 17.5 Å². The normalized spacial score (nSPS) is 17.0. The van der Waals surface area contributed by atoms with Gasteiger partial charge in [0.25, 0.3) is 0 Å². The minimum atomic E-state index is -3.73. The Morgan fingerprint density at radius 1 is 1.19 bits per heavy atom. The molecular formula is C19H22ClFN2O3S. The monoisotopic (exact) mass is 412 g/mol. The van der Waals surface area contributed by atoms with E-state index in [4.69, 9.17) is 16.3 Å². The summed E-state index contributed by atoms with van der Waals surface area (Å²) in [6, 6.07) is 10.7. The average molecular weight is 413 g/mol. The SMILES string of the molecule is Cc1ccc(Cl)cc1S(=O)(=O)NCC(c1ccc(F)cc1)N1CCOCC1. The van der Waals surface area contributed by atoms with Crippen LogP contribution in [0.15, 0.2) is 47.4 Å². The number of hydrogen-bond acceptors (Lipinski definition) is 4. The quantitative estimate of drug-likeness (QED) is 0.791. The molecule has 0 bridgehead atoms. The molecule has 1 saturated heterocycles. The van der Waals surface area contributed by atoms with Gasteiger partial charge in [0.05, 0.1) is 18.1 Å². The fourth-order valence-electron chi connectivity index (χ4n) is 3.16. The van der Waals surface area contributed by atoms with E-state index in [-0.39, 0.29) is 23.3 Å². The van der Waals surface area contributed by atoms with E-state index in [9.17, 15) is 12.8 Å². The van der Waals surface area contributed by atoms with E-state index >= 15 is 0 Å². The summed E-state index contributed by atoms with van der Waals surface area (Å²) in [7, 11) is -3.73. The molecule has 8 heteroatoms. The maximum Gasteiger partial charge on any atom is 0.240 e. The fraction of sp³-hybridized carbons (Fsp3) is 0.368. The van der Waals surface area contributed by atoms with Crippen LogP contribution < -0.4 is 4.72 Å². The Kier molecular flexibility index (Phi) is 6.49. The van der Waals surface area contributed by atoms with Crippen LogP contribution in [-0.4, -0.2) is 46.2 Å². The van der Waals surface area contributed by atoms with Crippen LogP contribution in [0, 0.1) is 12.7 Å². The number of morpholine rings is 1. The summed E-state index contributed by atoms with van der Waals surface area (Å²) in [5.41, 5.74) is 1.47. The van der Waals surface area contributed by atoms with Crippen LogP contribution in [-0.2, 0) is 14.8 Å². The van der Waals surface area contributed by atoms with Crippen LogP contribution in [0.4, 0.5) is 4.39 Å². The average Bonchev–Trinajstić information content (AvgIpc) is 2.66. The number of benzene rings is 2. The van der Waals surface area contributed by atoms with Crippen molar-refractivity contribution in [2.24, 2.45) is 0 Å². The highest BCUT2D eigenvalue weighted by atomic mass is 35.5. The highest BCUT2D eigenvalue weighted by Crippen LogP contribution is 2.24.